The van der Waals surface area contributed by atoms with Gasteiger partial charge in [-0.05, 0) is 74.3 Å². The molecule has 4 saturated carbocycles. The zero-order valence-electron chi connectivity index (χ0n) is 16.1. The number of carbonyl (C=O) groups is 1. The molecule has 146 valence electrons. The zero-order valence-corrected chi connectivity index (χ0v) is 16.1. The topological polar surface area (TPSA) is 49.8 Å². The molecule has 4 bridgehead atoms. The van der Waals surface area contributed by atoms with Crippen molar-refractivity contribution in [2.75, 3.05) is 24.7 Å². The maximum atomic E-state index is 13.5. The van der Waals surface area contributed by atoms with Crippen molar-refractivity contribution in [1.29, 1.82) is 0 Å². The molecular formula is C23H31NO3. The van der Waals surface area contributed by atoms with Crippen LogP contribution in [0.3, 0.4) is 0 Å². The van der Waals surface area contributed by atoms with Crippen LogP contribution in [-0.2, 0) is 9.53 Å². The van der Waals surface area contributed by atoms with Crippen LogP contribution in [0.2, 0.25) is 0 Å². The fourth-order valence-electron chi connectivity index (χ4n) is 6.97. The van der Waals surface area contributed by atoms with Crippen LogP contribution in [0.25, 0.3) is 0 Å². The van der Waals surface area contributed by atoms with Crippen LogP contribution < -0.4 is 4.90 Å². The minimum absolute atomic E-state index is 0.0229. The van der Waals surface area contributed by atoms with Crippen LogP contribution in [0.4, 0.5) is 5.69 Å². The van der Waals surface area contributed by atoms with E-state index in [-0.39, 0.29) is 11.3 Å². The Morgan fingerprint density at radius 1 is 1.15 bits per heavy atom. The predicted octanol–water partition coefficient (Wildman–Crippen LogP) is 3.78. The Morgan fingerprint density at radius 2 is 1.89 bits per heavy atom. The van der Waals surface area contributed by atoms with E-state index in [1.165, 1.54) is 6.42 Å². The summed E-state index contributed by atoms with van der Waals surface area (Å²) in [6.45, 7) is 2.31. The minimum Gasteiger partial charge on any atom is -0.390 e. The molecule has 1 saturated heterocycles. The average Bonchev–Trinajstić information content (AvgIpc) is 3.11. The van der Waals surface area contributed by atoms with E-state index in [1.807, 2.05) is 35.2 Å². The highest BCUT2D eigenvalue weighted by Gasteiger charge is 2.57. The first-order valence-electron chi connectivity index (χ1n) is 10.7. The Labute approximate surface area is 161 Å². The number of benzene rings is 1. The summed E-state index contributed by atoms with van der Waals surface area (Å²) in [5.74, 6) is 1.91. The monoisotopic (exact) mass is 369 g/mol. The summed E-state index contributed by atoms with van der Waals surface area (Å²) in [4.78, 5) is 15.5. The normalized spacial score (nSPS) is 39.7. The van der Waals surface area contributed by atoms with E-state index < -0.39 is 5.60 Å². The third-order valence-corrected chi connectivity index (χ3v) is 7.51. The second-order valence-electron chi connectivity index (χ2n) is 9.93. The van der Waals surface area contributed by atoms with Crippen LogP contribution >= 0.6 is 0 Å². The molecule has 0 unspecified atom stereocenters. The van der Waals surface area contributed by atoms with Gasteiger partial charge in [0.05, 0.1) is 12.2 Å². The zero-order chi connectivity index (χ0) is 18.5. The first-order chi connectivity index (χ1) is 13.0. The Balaban J connectivity index is 1.37. The summed E-state index contributed by atoms with van der Waals surface area (Å²) in [7, 11) is 0. The summed E-state index contributed by atoms with van der Waals surface area (Å²) in [6, 6.07) is 10.1. The number of para-hydroxylation sites is 1. The Morgan fingerprint density at radius 3 is 2.52 bits per heavy atom. The quantitative estimate of drug-likeness (QED) is 0.859. The van der Waals surface area contributed by atoms with Crippen molar-refractivity contribution in [2.24, 2.45) is 23.2 Å². The fourth-order valence-corrected chi connectivity index (χ4v) is 6.97. The summed E-state index contributed by atoms with van der Waals surface area (Å²) in [6.07, 6.45) is 7.90. The van der Waals surface area contributed by atoms with Gasteiger partial charge in [0, 0.05) is 31.2 Å². The highest BCUT2D eigenvalue weighted by atomic mass is 16.5. The molecule has 4 nitrogen and oxygen atoms in total. The SMILES string of the molecule is O=C(CC12C[C@H]3C[C@@H](CC(O)(C3)C1)C2)N(C[C@@H]1CCOC1)c1ccccc1. The van der Waals surface area contributed by atoms with E-state index in [0.717, 1.165) is 64.0 Å². The van der Waals surface area contributed by atoms with Gasteiger partial charge >= 0.3 is 0 Å². The van der Waals surface area contributed by atoms with E-state index in [0.29, 0.717) is 24.2 Å². The van der Waals surface area contributed by atoms with Crippen molar-refractivity contribution in [3.05, 3.63) is 30.3 Å². The Kier molecular flexibility index (Phi) is 4.32. The lowest BCUT2D eigenvalue weighted by Gasteiger charge is -2.60. The number of amides is 1. The number of ether oxygens (including phenoxy) is 1. The minimum atomic E-state index is -0.499. The van der Waals surface area contributed by atoms with E-state index >= 15 is 0 Å². The predicted molar refractivity (Wildman–Crippen MR) is 104 cm³/mol. The first-order valence-corrected chi connectivity index (χ1v) is 10.7. The molecule has 0 spiro atoms. The summed E-state index contributed by atoms with van der Waals surface area (Å²) >= 11 is 0. The number of carbonyl (C=O) groups excluding carboxylic acids is 1. The van der Waals surface area contributed by atoms with Crippen molar-refractivity contribution in [3.63, 3.8) is 0 Å². The number of aliphatic hydroxyl groups is 1. The molecular weight excluding hydrogens is 338 g/mol. The van der Waals surface area contributed by atoms with Crippen LogP contribution in [0, 0.1) is 23.2 Å². The Hall–Kier alpha value is -1.39. The van der Waals surface area contributed by atoms with Gasteiger partial charge in [-0.15, -0.1) is 0 Å². The lowest BCUT2D eigenvalue weighted by atomic mass is 9.47. The number of hydrogen-bond donors (Lipinski definition) is 1. The lowest BCUT2D eigenvalue weighted by molar-refractivity contribution is -0.168. The Bertz CT molecular complexity index is 683. The largest absolute Gasteiger partial charge is 0.390 e. The lowest BCUT2D eigenvalue weighted by Crippen LogP contribution is -2.56. The van der Waals surface area contributed by atoms with Gasteiger partial charge in [0.15, 0.2) is 0 Å². The molecule has 1 aromatic rings. The molecule has 0 aromatic heterocycles. The van der Waals surface area contributed by atoms with Gasteiger partial charge in [-0.1, -0.05) is 18.2 Å². The van der Waals surface area contributed by atoms with Crippen molar-refractivity contribution in [1.82, 2.24) is 0 Å². The van der Waals surface area contributed by atoms with Gasteiger partial charge in [0.1, 0.15) is 0 Å². The molecule has 5 fully saturated rings. The second kappa shape index (κ2) is 6.59. The van der Waals surface area contributed by atoms with Crippen molar-refractivity contribution in [3.8, 4) is 0 Å². The molecule has 1 heterocycles. The van der Waals surface area contributed by atoms with Gasteiger partial charge < -0.3 is 14.7 Å². The van der Waals surface area contributed by atoms with E-state index in [2.05, 4.69) is 0 Å². The highest BCUT2D eigenvalue weighted by Crippen LogP contribution is 2.63. The van der Waals surface area contributed by atoms with Crippen molar-refractivity contribution in [2.45, 2.75) is 57.0 Å². The van der Waals surface area contributed by atoms with Crippen LogP contribution in [0.1, 0.15) is 51.4 Å². The van der Waals surface area contributed by atoms with Crippen LogP contribution in [0.15, 0.2) is 30.3 Å². The number of nitrogens with zero attached hydrogens (tertiary/aromatic N) is 1. The van der Waals surface area contributed by atoms with Gasteiger partial charge in [-0.25, -0.2) is 0 Å². The van der Waals surface area contributed by atoms with Gasteiger partial charge in [-0.3, -0.25) is 4.79 Å². The number of rotatable bonds is 5. The molecule has 6 rings (SSSR count). The molecule has 5 aliphatic rings. The standard InChI is InChI=1S/C23H31NO3/c25-21(13-22-9-18-8-19(10-22)12-23(26,11-18)16-22)24(14-17-6-7-27-15-17)20-4-2-1-3-5-20/h1-5,17-19,26H,6-16H2/t17-,18+,19+,22?,23?/m0/s1. The smallest absolute Gasteiger partial charge is 0.227 e. The van der Waals surface area contributed by atoms with Gasteiger partial charge in [0.2, 0.25) is 5.91 Å². The van der Waals surface area contributed by atoms with E-state index in [4.69, 9.17) is 4.74 Å². The van der Waals surface area contributed by atoms with Gasteiger partial charge in [0.25, 0.3) is 0 Å². The molecule has 1 amide bonds. The third-order valence-electron chi connectivity index (χ3n) is 7.51. The van der Waals surface area contributed by atoms with Crippen molar-refractivity contribution < 1.29 is 14.6 Å². The first kappa shape index (κ1) is 17.7. The molecule has 27 heavy (non-hydrogen) atoms. The molecule has 1 N–H and O–H groups in total. The molecule has 0 radical (unpaired) electrons. The maximum Gasteiger partial charge on any atom is 0.227 e. The highest BCUT2D eigenvalue weighted by molar-refractivity contribution is 5.93. The van der Waals surface area contributed by atoms with Crippen LogP contribution in [0.5, 0.6) is 0 Å². The van der Waals surface area contributed by atoms with E-state index in [1.54, 1.807) is 0 Å². The molecule has 4 aliphatic carbocycles. The second-order valence-corrected chi connectivity index (χ2v) is 9.93. The molecule has 4 heteroatoms. The number of anilines is 1. The molecule has 1 aromatic carbocycles. The molecule has 1 aliphatic heterocycles. The van der Waals surface area contributed by atoms with E-state index in [9.17, 15) is 9.90 Å². The van der Waals surface area contributed by atoms with Crippen molar-refractivity contribution >= 4 is 11.6 Å². The third kappa shape index (κ3) is 3.42. The van der Waals surface area contributed by atoms with Crippen LogP contribution in [-0.4, -0.2) is 36.4 Å². The summed E-state index contributed by atoms with van der Waals surface area (Å²) in [5.41, 5.74) is 0.522. The maximum absolute atomic E-state index is 13.5. The summed E-state index contributed by atoms with van der Waals surface area (Å²) < 4.78 is 5.55. The van der Waals surface area contributed by atoms with Gasteiger partial charge in [-0.2, -0.15) is 0 Å². The fraction of sp³-hybridized carbons (Fsp3) is 0.696. The molecule has 3 atom stereocenters. The number of hydrogen-bond acceptors (Lipinski definition) is 3. The average molecular weight is 370 g/mol. The summed E-state index contributed by atoms with van der Waals surface area (Å²) in [5, 5.41) is 11.0.